The van der Waals surface area contributed by atoms with Crippen LogP contribution in [0.2, 0.25) is 0 Å². The smallest absolute Gasteiger partial charge is 0.358 e. The van der Waals surface area contributed by atoms with E-state index >= 15 is 0 Å². The molecule has 12 nitrogen and oxygen atoms in total. The molecule has 4 fully saturated rings. The van der Waals surface area contributed by atoms with Crippen LogP contribution in [0, 0.1) is 0 Å². The van der Waals surface area contributed by atoms with Gasteiger partial charge in [0, 0.05) is 64.8 Å². The Morgan fingerprint density at radius 1 is 0.782 bits per heavy atom. The minimum atomic E-state index is -1.33. The van der Waals surface area contributed by atoms with E-state index in [9.17, 15) is 15.1 Å². The number of alkyl halides is 1. The average Bonchev–Trinajstić information content (AvgIpc) is 3.45. The fourth-order valence-electron chi connectivity index (χ4n) is 9.51. The molecule has 4 unspecified atom stereocenters. The monoisotopic (exact) mass is 767 g/mol. The molecular formula is C42H46ClN5O7. The van der Waals surface area contributed by atoms with Crippen LogP contribution in [0.3, 0.4) is 0 Å². The SMILES string of the molecule is [N-]=[N+]=C1C(=O)c2ccc(C(=O)NCCOCCOCCCCCCCl)cc2C12c1ccc(N3C4COCC3C4)cc1Oc1cc(N3C4COCC3C4)ccc12. The molecule has 5 aliphatic heterocycles. The van der Waals surface area contributed by atoms with Crippen molar-refractivity contribution in [2.24, 2.45) is 0 Å². The number of nitrogens with zero attached hydrogens (tertiary/aromatic N) is 4. The molecule has 9 rings (SSSR count). The number of halogens is 1. The minimum absolute atomic E-state index is 0.0272. The molecule has 4 atom stereocenters. The lowest BCUT2D eigenvalue weighted by atomic mass is 9.67. The van der Waals surface area contributed by atoms with Gasteiger partial charge in [-0.15, -0.1) is 11.6 Å². The number of morpholine rings is 2. The molecule has 4 saturated heterocycles. The van der Waals surface area contributed by atoms with Gasteiger partial charge >= 0.3 is 5.71 Å². The molecule has 1 aliphatic carbocycles. The molecule has 3 aromatic rings. The normalized spacial score (nSPS) is 25.3. The van der Waals surface area contributed by atoms with Crippen molar-refractivity contribution in [2.75, 3.05) is 75.1 Å². The topological polar surface area (TPSA) is 135 Å². The summed E-state index contributed by atoms with van der Waals surface area (Å²) in [5, 5.41) is 2.95. The van der Waals surface area contributed by atoms with E-state index in [1.807, 2.05) is 24.3 Å². The van der Waals surface area contributed by atoms with Gasteiger partial charge in [-0.2, -0.15) is 4.79 Å². The molecule has 13 heteroatoms. The third-order valence-corrected chi connectivity index (χ3v) is 12.4. The van der Waals surface area contributed by atoms with Crippen LogP contribution < -0.4 is 19.9 Å². The van der Waals surface area contributed by atoms with Crippen LogP contribution in [0.1, 0.15) is 75.9 Å². The number of rotatable bonds is 15. The Labute approximate surface area is 325 Å². The highest BCUT2D eigenvalue weighted by Gasteiger charge is 2.62. The van der Waals surface area contributed by atoms with Crippen LogP contribution in [0.15, 0.2) is 54.6 Å². The second kappa shape index (κ2) is 15.3. The average molecular weight is 768 g/mol. The zero-order chi connectivity index (χ0) is 37.5. The van der Waals surface area contributed by atoms with Crippen molar-refractivity contribution in [3.05, 3.63) is 87.9 Å². The molecule has 1 N–H and O–H groups in total. The molecule has 1 amide bonds. The van der Waals surface area contributed by atoms with Gasteiger partial charge in [0.05, 0.1) is 70.4 Å². The first kappa shape index (κ1) is 36.4. The summed E-state index contributed by atoms with van der Waals surface area (Å²) in [4.78, 5) is 36.3. The van der Waals surface area contributed by atoms with Gasteiger partial charge in [0.25, 0.3) is 11.7 Å². The maximum absolute atomic E-state index is 14.2. The number of anilines is 2. The maximum Gasteiger partial charge on any atom is 0.358 e. The highest BCUT2D eigenvalue weighted by Crippen LogP contribution is 2.58. The summed E-state index contributed by atoms with van der Waals surface area (Å²) < 4.78 is 29.7. The molecule has 55 heavy (non-hydrogen) atoms. The minimum Gasteiger partial charge on any atom is -0.457 e. The van der Waals surface area contributed by atoms with Crippen LogP contribution in [-0.2, 0) is 24.4 Å². The van der Waals surface area contributed by atoms with Crippen molar-refractivity contribution in [1.82, 2.24) is 5.32 Å². The Bertz CT molecular complexity index is 1930. The lowest BCUT2D eigenvalue weighted by molar-refractivity contribution is -0.0118. The van der Waals surface area contributed by atoms with Gasteiger partial charge in [0.2, 0.25) is 0 Å². The number of benzene rings is 3. The van der Waals surface area contributed by atoms with Crippen LogP contribution >= 0.6 is 11.6 Å². The number of ketones is 1. The van der Waals surface area contributed by atoms with Gasteiger partial charge in [-0.3, -0.25) is 9.59 Å². The van der Waals surface area contributed by atoms with Gasteiger partial charge in [0.15, 0.2) is 5.41 Å². The number of hydrogen-bond acceptors (Lipinski definition) is 9. The molecule has 0 saturated carbocycles. The van der Waals surface area contributed by atoms with E-state index in [-0.39, 0.29) is 11.6 Å². The molecule has 6 aliphatic rings. The van der Waals surface area contributed by atoms with Gasteiger partial charge in [0.1, 0.15) is 11.5 Å². The predicted molar refractivity (Wildman–Crippen MR) is 206 cm³/mol. The Morgan fingerprint density at radius 2 is 1.38 bits per heavy atom. The number of nitrogens with one attached hydrogen (secondary N) is 1. The number of hydrogen-bond donors (Lipinski definition) is 1. The molecule has 5 heterocycles. The Morgan fingerprint density at radius 3 is 1.96 bits per heavy atom. The second-order valence-electron chi connectivity index (χ2n) is 15.3. The highest BCUT2D eigenvalue weighted by molar-refractivity contribution is 6.52. The van der Waals surface area contributed by atoms with E-state index in [1.165, 1.54) is 0 Å². The van der Waals surface area contributed by atoms with E-state index in [4.69, 9.17) is 35.3 Å². The largest absolute Gasteiger partial charge is 0.457 e. The van der Waals surface area contributed by atoms with Crippen LogP contribution in [0.25, 0.3) is 5.53 Å². The van der Waals surface area contributed by atoms with Crippen molar-refractivity contribution in [3.8, 4) is 11.5 Å². The van der Waals surface area contributed by atoms with Crippen molar-refractivity contribution in [1.29, 1.82) is 0 Å². The number of ether oxygens (including phenoxy) is 5. The summed E-state index contributed by atoms with van der Waals surface area (Å²) in [5.74, 6) is 1.15. The van der Waals surface area contributed by atoms with Gasteiger partial charge in [-0.25, -0.2) is 0 Å². The first-order valence-corrected chi connectivity index (χ1v) is 20.2. The third-order valence-electron chi connectivity index (χ3n) is 12.1. The standard InChI is InChI=1S/C42H46ClN5O7/c43-11-3-1-2-4-13-51-15-16-52-14-12-45-41(50)26-5-8-33-36(17-26)42(40(46-44)39(33)49)34-9-6-27(47-29-18-30(47)23-53-22-29)20-37(34)55-38-21-28(7-10-35(38)42)48-31-19-32(48)25-54-24-31/h5-10,17,20-21,29-32H,1-4,11-16,18-19,22-25H2,(H,45,50). The van der Waals surface area contributed by atoms with E-state index in [0.717, 1.165) is 49.9 Å². The van der Waals surface area contributed by atoms with Crippen molar-refractivity contribution >= 4 is 40.4 Å². The zero-order valence-electron chi connectivity index (χ0n) is 30.8. The van der Waals surface area contributed by atoms with Crippen molar-refractivity contribution in [2.45, 2.75) is 68.1 Å². The van der Waals surface area contributed by atoms with Crippen LogP contribution in [0.4, 0.5) is 11.4 Å². The van der Waals surface area contributed by atoms with Gasteiger partial charge in [-0.05, 0) is 61.6 Å². The summed E-state index contributed by atoms with van der Waals surface area (Å²) in [6, 6.07) is 18.4. The number of carbonyl (C=O) groups excluding carboxylic acids is 2. The summed E-state index contributed by atoms with van der Waals surface area (Å²) >= 11 is 5.73. The molecule has 1 spiro atoms. The molecule has 0 radical (unpaired) electrons. The quantitative estimate of drug-likeness (QED) is 0.0920. The predicted octanol–water partition coefficient (Wildman–Crippen LogP) is 5.51. The number of Topliss-reactive ketones (excluding diaryl/α,β-unsaturated/α-hetero) is 1. The molecule has 4 bridgehead atoms. The fraction of sp³-hybridized carbons (Fsp3) is 0.500. The summed E-state index contributed by atoms with van der Waals surface area (Å²) in [5.41, 5.74) is 14.1. The number of amides is 1. The summed E-state index contributed by atoms with van der Waals surface area (Å²) in [7, 11) is 0. The molecular weight excluding hydrogens is 722 g/mol. The van der Waals surface area contributed by atoms with E-state index in [1.54, 1.807) is 18.2 Å². The zero-order valence-corrected chi connectivity index (χ0v) is 31.6. The Kier molecular flexibility index (Phi) is 10.1. The van der Waals surface area contributed by atoms with Crippen LogP contribution in [0.5, 0.6) is 11.5 Å². The van der Waals surface area contributed by atoms with Crippen molar-refractivity contribution < 1.29 is 38.1 Å². The highest BCUT2D eigenvalue weighted by atomic mass is 35.5. The second-order valence-corrected chi connectivity index (χ2v) is 15.7. The Balaban J connectivity index is 1.00. The molecule has 0 aromatic heterocycles. The summed E-state index contributed by atoms with van der Waals surface area (Å²) in [6.07, 6.45) is 6.42. The lowest BCUT2D eigenvalue weighted by Crippen LogP contribution is -2.64. The molecule has 288 valence electrons. The number of fused-ring (bicyclic) bond motifs is 10. The molecule has 3 aromatic carbocycles. The first-order chi connectivity index (χ1) is 27.0. The fourth-order valence-corrected chi connectivity index (χ4v) is 9.70. The van der Waals surface area contributed by atoms with Gasteiger partial charge < -0.3 is 44.3 Å². The van der Waals surface area contributed by atoms with E-state index < -0.39 is 11.2 Å². The summed E-state index contributed by atoms with van der Waals surface area (Å²) in [6.45, 7) is 4.98. The third kappa shape index (κ3) is 6.24. The first-order valence-electron chi connectivity index (χ1n) is 19.6. The van der Waals surface area contributed by atoms with E-state index in [2.05, 4.69) is 32.0 Å². The van der Waals surface area contributed by atoms with Crippen molar-refractivity contribution in [3.63, 3.8) is 0 Å². The van der Waals surface area contributed by atoms with Crippen LogP contribution in [-0.4, -0.2) is 112 Å². The number of carbonyl (C=O) groups is 2. The number of unbranched alkanes of at least 4 members (excludes halogenated alkanes) is 3. The maximum atomic E-state index is 14.2. The lowest BCUT2D eigenvalue weighted by Gasteiger charge is -2.54. The Hall–Kier alpha value is -4.29. The van der Waals surface area contributed by atoms with E-state index in [0.29, 0.717) is 129 Å². The van der Waals surface area contributed by atoms with Gasteiger partial charge in [-0.1, -0.05) is 25.0 Å².